The van der Waals surface area contributed by atoms with E-state index in [0.29, 0.717) is 17.4 Å². The lowest BCUT2D eigenvalue weighted by Gasteiger charge is -2.41. The Kier molecular flexibility index (Phi) is 7.35. The predicted molar refractivity (Wildman–Crippen MR) is 153 cm³/mol. The van der Waals surface area contributed by atoms with E-state index >= 15 is 0 Å². The molecule has 7 atom stereocenters. The number of ketones is 1. The Labute approximate surface area is 257 Å². The average molecular weight is 621 g/mol. The summed E-state index contributed by atoms with van der Waals surface area (Å²) in [6, 6.07) is 7.47. The molecule has 0 radical (unpaired) electrons. The molecule has 0 spiro atoms. The number of aromatic hydroxyl groups is 4. The minimum atomic E-state index is -1.47. The molecule has 0 amide bonds. The SMILES string of the molecule is CO[C@H]1OC(=O)[C@@]2(CC(=O)c3cc(O)ccc3O)C[C@@H]3[C@@H](CCC4=C[C@H](c5cc(O)ccc5O)OC4=O)C(C=O)=CO[C@@H]3[C@@]12C. The van der Waals surface area contributed by atoms with Crippen LogP contribution >= 0.6 is 0 Å². The van der Waals surface area contributed by atoms with E-state index < -0.39 is 58.9 Å². The van der Waals surface area contributed by atoms with Crippen LogP contribution in [0.4, 0.5) is 0 Å². The Morgan fingerprint density at radius 1 is 1.04 bits per heavy atom. The smallest absolute Gasteiger partial charge is 0.334 e. The number of phenols is 4. The van der Waals surface area contributed by atoms with Gasteiger partial charge in [0, 0.05) is 36.2 Å². The molecular weight excluding hydrogens is 588 g/mol. The largest absolute Gasteiger partial charge is 0.508 e. The molecule has 1 aliphatic carbocycles. The van der Waals surface area contributed by atoms with E-state index in [0.717, 1.165) is 6.07 Å². The standard InChI is InChI=1S/C33H32O12/c1-32-28-23(12-33(32,30(41)45-31(32)42-2)13-26(39)21-10-18(35)4-7-24(21)37)20(17(14-34)15-43-28)6-3-16-9-27(44-29(16)40)22-11-19(36)5-8-25(22)38/h4-5,7-11,14-15,20,23,27-28,31,35-38H,3,6,12-13H2,1-2H3/t20-,23+,27+,28-,31-,32-,33-/m0/s1. The molecule has 3 aliphatic heterocycles. The molecule has 12 nitrogen and oxygen atoms in total. The van der Waals surface area contributed by atoms with E-state index in [1.807, 2.05) is 0 Å². The van der Waals surface area contributed by atoms with Crippen LogP contribution in [-0.2, 0) is 33.3 Å². The van der Waals surface area contributed by atoms with Crippen molar-refractivity contribution in [2.45, 2.75) is 51.1 Å². The third kappa shape index (κ3) is 4.62. The maximum Gasteiger partial charge on any atom is 0.334 e. The predicted octanol–water partition coefficient (Wildman–Crippen LogP) is 3.73. The van der Waals surface area contributed by atoms with Gasteiger partial charge < -0.3 is 39.4 Å². The Hall–Kier alpha value is -4.84. The summed E-state index contributed by atoms with van der Waals surface area (Å²) in [5.74, 6) is -3.67. The highest BCUT2D eigenvalue weighted by atomic mass is 16.7. The zero-order valence-electron chi connectivity index (χ0n) is 24.5. The third-order valence-electron chi connectivity index (χ3n) is 9.97. The van der Waals surface area contributed by atoms with E-state index in [1.165, 1.54) is 43.7 Å². The van der Waals surface area contributed by atoms with Crippen LogP contribution in [0.1, 0.15) is 54.6 Å². The number of aldehydes is 1. The van der Waals surface area contributed by atoms with Crippen LogP contribution in [-0.4, -0.2) is 63.9 Å². The molecule has 236 valence electrons. The molecule has 2 aromatic rings. The summed E-state index contributed by atoms with van der Waals surface area (Å²) in [5, 5.41) is 40.4. The lowest BCUT2D eigenvalue weighted by Crippen LogP contribution is -2.50. The first-order valence-electron chi connectivity index (χ1n) is 14.5. The molecule has 1 saturated heterocycles. The van der Waals surface area contributed by atoms with Crippen LogP contribution in [0.3, 0.4) is 0 Å². The quantitative estimate of drug-likeness (QED) is 0.138. The molecule has 0 bridgehead atoms. The van der Waals surface area contributed by atoms with Gasteiger partial charge in [0.25, 0.3) is 0 Å². The third-order valence-corrected chi connectivity index (χ3v) is 9.97. The van der Waals surface area contributed by atoms with Crippen LogP contribution < -0.4 is 0 Å². The van der Waals surface area contributed by atoms with Crippen LogP contribution in [0, 0.1) is 22.7 Å². The van der Waals surface area contributed by atoms with Crippen molar-refractivity contribution in [1.29, 1.82) is 0 Å². The molecular formula is C33H32O12. The molecule has 0 aromatic heterocycles. The van der Waals surface area contributed by atoms with Gasteiger partial charge in [0.1, 0.15) is 41.5 Å². The van der Waals surface area contributed by atoms with E-state index in [4.69, 9.17) is 18.9 Å². The van der Waals surface area contributed by atoms with E-state index in [2.05, 4.69) is 0 Å². The monoisotopic (exact) mass is 620 g/mol. The maximum absolute atomic E-state index is 13.7. The second kappa shape index (κ2) is 11.0. The summed E-state index contributed by atoms with van der Waals surface area (Å²) in [6.45, 7) is 1.74. The fourth-order valence-corrected chi connectivity index (χ4v) is 7.66. The highest BCUT2D eigenvalue weighted by Crippen LogP contribution is 2.68. The molecule has 0 unspecified atom stereocenters. The summed E-state index contributed by atoms with van der Waals surface area (Å²) >= 11 is 0. The number of carbonyl (C=O) groups excluding carboxylic acids is 4. The summed E-state index contributed by atoms with van der Waals surface area (Å²) in [5.41, 5.74) is -1.95. The zero-order valence-corrected chi connectivity index (χ0v) is 24.5. The second-order valence-corrected chi connectivity index (χ2v) is 12.2. The lowest BCUT2D eigenvalue weighted by atomic mass is 9.64. The molecule has 4 aliphatic rings. The van der Waals surface area contributed by atoms with Crippen molar-refractivity contribution in [2.24, 2.45) is 22.7 Å². The minimum Gasteiger partial charge on any atom is -0.508 e. The van der Waals surface area contributed by atoms with E-state index in [1.54, 1.807) is 13.0 Å². The van der Waals surface area contributed by atoms with Crippen molar-refractivity contribution in [3.05, 3.63) is 71.0 Å². The van der Waals surface area contributed by atoms with Gasteiger partial charge in [-0.1, -0.05) is 0 Å². The number of esters is 2. The number of Topliss-reactive ketones (excluding diaryl/α,β-unsaturated/α-hetero) is 1. The van der Waals surface area contributed by atoms with Gasteiger partial charge in [-0.15, -0.1) is 0 Å². The molecule has 2 fully saturated rings. The van der Waals surface area contributed by atoms with Gasteiger partial charge in [-0.2, -0.15) is 0 Å². The van der Waals surface area contributed by atoms with Gasteiger partial charge in [-0.3, -0.25) is 14.4 Å². The highest BCUT2D eigenvalue weighted by molar-refractivity contribution is 6.02. The van der Waals surface area contributed by atoms with Crippen LogP contribution in [0.25, 0.3) is 0 Å². The number of benzene rings is 2. The van der Waals surface area contributed by atoms with Crippen molar-refractivity contribution in [1.82, 2.24) is 0 Å². The van der Waals surface area contributed by atoms with Gasteiger partial charge >= 0.3 is 11.9 Å². The minimum absolute atomic E-state index is 0.0807. The Morgan fingerprint density at radius 2 is 1.76 bits per heavy atom. The second-order valence-electron chi connectivity index (χ2n) is 12.2. The number of hydrogen-bond donors (Lipinski definition) is 4. The number of cyclic esters (lactones) is 2. The van der Waals surface area contributed by atoms with Crippen molar-refractivity contribution in [3.8, 4) is 23.0 Å². The molecule has 1 saturated carbocycles. The fraction of sp³-hybridized carbons (Fsp3) is 0.394. The Balaban J connectivity index is 1.31. The highest BCUT2D eigenvalue weighted by Gasteiger charge is 2.76. The number of hydrogen-bond acceptors (Lipinski definition) is 12. The number of allylic oxidation sites excluding steroid dienone is 1. The first kappa shape index (κ1) is 30.2. The van der Waals surface area contributed by atoms with Gasteiger partial charge in [-0.25, -0.2) is 4.79 Å². The number of ether oxygens (including phenoxy) is 4. The molecule has 6 rings (SSSR count). The van der Waals surface area contributed by atoms with Gasteiger partial charge in [-0.05, 0) is 74.6 Å². The number of methoxy groups -OCH3 is 1. The lowest BCUT2D eigenvalue weighted by molar-refractivity contribution is -0.185. The summed E-state index contributed by atoms with van der Waals surface area (Å²) in [6.07, 6.45) is 1.02. The average Bonchev–Trinajstić information content (AvgIpc) is 3.58. The number of phenolic OH excluding ortho intramolecular Hbond substituents is 4. The van der Waals surface area contributed by atoms with Crippen molar-refractivity contribution < 1.29 is 58.6 Å². The molecule has 2 aromatic carbocycles. The van der Waals surface area contributed by atoms with Crippen LogP contribution in [0.2, 0.25) is 0 Å². The number of carbonyl (C=O) groups is 4. The molecule has 3 heterocycles. The van der Waals surface area contributed by atoms with Crippen molar-refractivity contribution in [2.75, 3.05) is 7.11 Å². The topological polar surface area (TPSA) is 186 Å². The van der Waals surface area contributed by atoms with E-state index in [-0.39, 0.29) is 59.8 Å². The first-order valence-corrected chi connectivity index (χ1v) is 14.5. The van der Waals surface area contributed by atoms with Gasteiger partial charge in [0.15, 0.2) is 5.78 Å². The maximum atomic E-state index is 13.7. The van der Waals surface area contributed by atoms with Gasteiger partial charge in [0.05, 0.1) is 22.7 Å². The zero-order chi connectivity index (χ0) is 32.3. The summed E-state index contributed by atoms with van der Waals surface area (Å²) in [4.78, 5) is 52.3. The van der Waals surface area contributed by atoms with Crippen LogP contribution in [0.5, 0.6) is 23.0 Å². The summed E-state index contributed by atoms with van der Waals surface area (Å²) < 4.78 is 22.8. The van der Waals surface area contributed by atoms with Crippen LogP contribution in [0.15, 0.2) is 59.9 Å². The number of fused-ring (bicyclic) bond motifs is 3. The van der Waals surface area contributed by atoms with E-state index in [9.17, 15) is 39.6 Å². The summed E-state index contributed by atoms with van der Waals surface area (Å²) in [7, 11) is 1.38. The molecule has 45 heavy (non-hydrogen) atoms. The fourth-order valence-electron chi connectivity index (χ4n) is 7.66. The molecule has 4 N–H and O–H groups in total. The molecule has 12 heteroatoms. The van der Waals surface area contributed by atoms with Crippen molar-refractivity contribution >= 4 is 24.0 Å². The number of rotatable bonds is 9. The Morgan fingerprint density at radius 3 is 2.47 bits per heavy atom. The van der Waals surface area contributed by atoms with Gasteiger partial charge in [0.2, 0.25) is 6.29 Å². The first-order chi connectivity index (χ1) is 21.4. The van der Waals surface area contributed by atoms with Crippen molar-refractivity contribution in [3.63, 3.8) is 0 Å². The Bertz CT molecular complexity index is 1660. The normalized spacial score (nSPS) is 31.6.